The fourth-order valence-corrected chi connectivity index (χ4v) is 3.68. The summed E-state index contributed by atoms with van der Waals surface area (Å²) in [6, 6.07) is 7.49. The topological polar surface area (TPSA) is 38.8 Å². The van der Waals surface area contributed by atoms with Gasteiger partial charge in [-0.2, -0.15) is 0 Å². The van der Waals surface area contributed by atoms with Crippen LogP contribution in [0.2, 0.25) is 0 Å². The van der Waals surface area contributed by atoms with Crippen LogP contribution in [0.25, 0.3) is 0 Å². The van der Waals surface area contributed by atoms with Crippen LogP contribution in [0.4, 0.5) is 0 Å². The van der Waals surface area contributed by atoms with E-state index in [4.69, 9.17) is 9.47 Å². The first-order valence-electron chi connectivity index (χ1n) is 8.44. The molecule has 2 saturated heterocycles. The van der Waals surface area contributed by atoms with Gasteiger partial charge in [-0.15, -0.1) is 0 Å². The molecule has 1 spiro atoms. The molecule has 2 fully saturated rings. The summed E-state index contributed by atoms with van der Waals surface area (Å²) in [6.45, 7) is 7.38. The predicted octanol–water partition coefficient (Wildman–Crippen LogP) is 3.28. The zero-order valence-corrected chi connectivity index (χ0v) is 13.6. The number of para-hydroxylation sites is 1. The molecule has 3 rings (SSSR count). The second-order valence-electron chi connectivity index (χ2n) is 6.54. The van der Waals surface area contributed by atoms with Gasteiger partial charge in [-0.05, 0) is 43.2 Å². The summed E-state index contributed by atoms with van der Waals surface area (Å²) in [5.41, 5.74) is 0.904. The summed E-state index contributed by atoms with van der Waals surface area (Å²) in [5, 5.41) is 0. The van der Waals surface area contributed by atoms with Gasteiger partial charge >= 0.3 is 0 Å². The molecule has 23 heavy (non-hydrogen) atoms. The first kappa shape index (κ1) is 16.1. The fraction of sp³-hybridized carbons (Fsp3) is 0.526. The number of likely N-dealkylation sites (tertiary alicyclic amines) is 1. The van der Waals surface area contributed by atoms with Crippen LogP contribution >= 0.6 is 0 Å². The molecular weight excluding hydrogens is 290 g/mol. The lowest BCUT2D eigenvalue weighted by atomic mass is 9.74. The van der Waals surface area contributed by atoms with Crippen molar-refractivity contribution < 1.29 is 14.3 Å². The zero-order valence-electron chi connectivity index (χ0n) is 13.6. The van der Waals surface area contributed by atoms with Crippen LogP contribution in [0.1, 0.15) is 36.0 Å². The molecule has 0 saturated carbocycles. The van der Waals surface area contributed by atoms with E-state index in [0.717, 1.165) is 45.6 Å². The minimum Gasteiger partial charge on any atom is -0.489 e. The van der Waals surface area contributed by atoms with Gasteiger partial charge < -0.3 is 14.4 Å². The highest BCUT2D eigenvalue weighted by molar-refractivity contribution is 5.97. The molecule has 0 aromatic heterocycles. The average molecular weight is 315 g/mol. The van der Waals surface area contributed by atoms with E-state index in [0.29, 0.717) is 17.9 Å². The Bertz CT molecular complexity index is 558. The molecule has 0 aliphatic carbocycles. The normalized spacial score (nSPS) is 20.3. The molecule has 4 heteroatoms. The van der Waals surface area contributed by atoms with Gasteiger partial charge in [0.25, 0.3) is 5.91 Å². The number of hydrogen-bond donors (Lipinski definition) is 0. The van der Waals surface area contributed by atoms with Crippen molar-refractivity contribution in [3.8, 4) is 5.75 Å². The molecule has 1 amide bonds. The number of nitrogens with zero attached hydrogens (tertiary/aromatic N) is 1. The Morgan fingerprint density at radius 3 is 2.87 bits per heavy atom. The second-order valence-corrected chi connectivity index (χ2v) is 6.54. The molecule has 0 atom stereocenters. The first-order valence-corrected chi connectivity index (χ1v) is 8.44. The van der Waals surface area contributed by atoms with Crippen molar-refractivity contribution >= 4 is 5.91 Å². The smallest absolute Gasteiger partial charge is 0.257 e. The van der Waals surface area contributed by atoms with Crippen LogP contribution in [0, 0.1) is 5.41 Å². The molecule has 2 aliphatic heterocycles. The van der Waals surface area contributed by atoms with Crippen molar-refractivity contribution in [1.82, 2.24) is 4.90 Å². The highest BCUT2D eigenvalue weighted by Crippen LogP contribution is 2.39. The van der Waals surface area contributed by atoms with Gasteiger partial charge in [-0.25, -0.2) is 0 Å². The van der Waals surface area contributed by atoms with Crippen LogP contribution in [-0.2, 0) is 4.74 Å². The lowest BCUT2D eigenvalue weighted by Gasteiger charge is -2.45. The summed E-state index contributed by atoms with van der Waals surface area (Å²) in [4.78, 5) is 15.0. The Morgan fingerprint density at radius 2 is 2.09 bits per heavy atom. The van der Waals surface area contributed by atoms with E-state index in [1.54, 1.807) is 6.08 Å². The number of amides is 1. The monoisotopic (exact) mass is 315 g/mol. The number of ether oxygens (including phenoxy) is 2. The number of benzene rings is 1. The van der Waals surface area contributed by atoms with E-state index >= 15 is 0 Å². The third kappa shape index (κ3) is 3.58. The summed E-state index contributed by atoms with van der Waals surface area (Å²) in [6.07, 6.45) is 6.09. The van der Waals surface area contributed by atoms with Gasteiger partial charge in [-0.1, -0.05) is 24.8 Å². The number of piperidine rings is 1. The van der Waals surface area contributed by atoms with E-state index in [9.17, 15) is 4.79 Å². The lowest BCUT2D eigenvalue weighted by Crippen LogP contribution is -2.48. The lowest BCUT2D eigenvalue weighted by molar-refractivity contribution is -0.0230. The van der Waals surface area contributed by atoms with Gasteiger partial charge in [0.1, 0.15) is 12.4 Å². The van der Waals surface area contributed by atoms with Gasteiger partial charge in [0.2, 0.25) is 0 Å². The van der Waals surface area contributed by atoms with Gasteiger partial charge in [-0.3, -0.25) is 4.79 Å². The van der Waals surface area contributed by atoms with Gasteiger partial charge in [0.15, 0.2) is 0 Å². The summed E-state index contributed by atoms with van der Waals surface area (Å²) >= 11 is 0. The summed E-state index contributed by atoms with van der Waals surface area (Å²) in [7, 11) is 0. The molecule has 2 aliphatic rings. The standard InChI is InChI=1S/C19H25NO3/c1-2-12-23-17-7-4-3-6-16(17)18(21)20-11-5-8-19(15-20)9-13-22-14-10-19/h2-4,6-7H,1,5,8-15H2. The number of carbonyl (C=O) groups is 1. The molecule has 4 nitrogen and oxygen atoms in total. The molecule has 2 heterocycles. The van der Waals surface area contributed by atoms with E-state index in [1.165, 1.54) is 6.42 Å². The molecule has 0 N–H and O–H groups in total. The van der Waals surface area contributed by atoms with Crippen molar-refractivity contribution in [2.24, 2.45) is 5.41 Å². The highest BCUT2D eigenvalue weighted by Gasteiger charge is 2.38. The van der Waals surface area contributed by atoms with Crippen molar-refractivity contribution in [3.05, 3.63) is 42.5 Å². The maximum absolute atomic E-state index is 13.0. The van der Waals surface area contributed by atoms with Crippen molar-refractivity contribution in [3.63, 3.8) is 0 Å². The van der Waals surface area contributed by atoms with Crippen molar-refractivity contribution in [2.45, 2.75) is 25.7 Å². The maximum Gasteiger partial charge on any atom is 0.257 e. The third-order valence-electron chi connectivity index (χ3n) is 4.98. The highest BCUT2D eigenvalue weighted by atomic mass is 16.5. The quantitative estimate of drug-likeness (QED) is 0.800. The third-order valence-corrected chi connectivity index (χ3v) is 4.98. The van der Waals surface area contributed by atoms with E-state index in [-0.39, 0.29) is 11.3 Å². The average Bonchev–Trinajstić information content (AvgIpc) is 2.60. The fourth-order valence-electron chi connectivity index (χ4n) is 3.68. The predicted molar refractivity (Wildman–Crippen MR) is 89.8 cm³/mol. The molecule has 0 unspecified atom stereocenters. The zero-order chi connectivity index (χ0) is 16.1. The van der Waals surface area contributed by atoms with Crippen LogP contribution < -0.4 is 4.74 Å². The van der Waals surface area contributed by atoms with Gasteiger partial charge in [0, 0.05) is 26.3 Å². The largest absolute Gasteiger partial charge is 0.489 e. The van der Waals surface area contributed by atoms with Crippen molar-refractivity contribution in [1.29, 1.82) is 0 Å². The Kier molecular flexibility index (Phi) is 5.01. The second kappa shape index (κ2) is 7.18. The Hall–Kier alpha value is -1.81. The minimum absolute atomic E-state index is 0.0789. The Labute approximate surface area is 138 Å². The molecule has 1 aromatic rings. The SMILES string of the molecule is C=CCOc1ccccc1C(=O)N1CCCC2(CCOCC2)C1. The van der Waals surface area contributed by atoms with Gasteiger partial charge in [0.05, 0.1) is 5.56 Å². The van der Waals surface area contributed by atoms with E-state index in [2.05, 4.69) is 6.58 Å². The molecule has 1 aromatic carbocycles. The van der Waals surface area contributed by atoms with Crippen LogP contribution in [-0.4, -0.2) is 43.7 Å². The molecule has 0 bridgehead atoms. The van der Waals surface area contributed by atoms with Crippen LogP contribution in [0.5, 0.6) is 5.75 Å². The Balaban J connectivity index is 1.76. The summed E-state index contributed by atoms with van der Waals surface area (Å²) < 4.78 is 11.2. The summed E-state index contributed by atoms with van der Waals surface area (Å²) in [5.74, 6) is 0.722. The van der Waals surface area contributed by atoms with Crippen LogP contribution in [0.15, 0.2) is 36.9 Å². The maximum atomic E-state index is 13.0. The first-order chi connectivity index (χ1) is 11.2. The van der Waals surface area contributed by atoms with Crippen molar-refractivity contribution in [2.75, 3.05) is 32.9 Å². The number of carbonyl (C=O) groups excluding carboxylic acids is 1. The molecular formula is C19H25NO3. The number of hydrogen-bond acceptors (Lipinski definition) is 3. The minimum atomic E-state index is 0.0789. The van der Waals surface area contributed by atoms with E-state index < -0.39 is 0 Å². The van der Waals surface area contributed by atoms with Crippen LogP contribution in [0.3, 0.4) is 0 Å². The van der Waals surface area contributed by atoms with E-state index in [1.807, 2.05) is 29.2 Å². The Morgan fingerprint density at radius 1 is 1.30 bits per heavy atom. The number of rotatable bonds is 4. The molecule has 124 valence electrons. The molecule has 0 radical (unpaired) electrons.